The summed E-state index contributed by atoms with van der Waals surface area (Å²) in [6.45, 7) is 0.304. The van der Waals surface area contributed by atoms with Crippen molar-refractivity contribution in [2.45, 2.75) is 50.8 Å². The molecule has 5 heteroatoms. The Bertz CT molecular complexity index is 809. The van der Waals surface area contributed by atoms with Gasteiger partial charge in [-0.3, -0.25) is 14.4 Å². The molecule has 5 nitrogen and oxygen atoms in total. The molecule has 1 aliphatic carbocycles. The fourth-order valence-corrected chi connectivity index (χ4v) is 4.55. The van der Waals surface area contributed by atoms with Crippen LogP contribution in [0.15, 0.2) is 60.7 Å². The molecule has 0 radical (unpaired) electrons. The van der Waals surface area contributed by atoms with Crippen molar-refractivity contribution in [3.63, 3.8) is 0 Å². The largest absolute Gasteiger partial charge is 0.323 e. The topological polar surface area (TPSA) is 58.6 Å². The van der Waals surface area contributed by atoms with E-state index in [1.807, 2.05) is 65.6 Å². The van der Waals surface area contributed by atoms with Crippen molar-refractivity contribution in [1.29, 1.82) is 0 Å². The zero-order valence-electron chi connectivity index (χ0n) is 15.9. The first-order valence-corrected chi connectivity index (χ1v) is 10.1. The summed E-state index contributed by atoms with van der Waals surface area (Å²) in [7, 11) is 0. The Morgan fingerprint density at radius 3 is 2.39 bits per heavy atom. The van der Waals surface area contributed by atoms with Crippen LogP contribution in [0.1, 0.15) is 48.0 Å². The molecular weight excluding hydrogens is 352 g/mol. The zero-order chi connectivity index (χ0) is 19.3. The first-order valence-electron chi connectivity index (χ1n) is 10.1. The van der Waals surface area contributed by atoms with Crippen molar-refractivity contribution in [2.75, 3.05) is 0 Å². The molecular formula is C23H26N2O3. The SMILES string of the molecule is O=C(NOCc1ccccc1)C1CC2CCCCC2N1C(=O)c1ccccc1. The minimum Gasteiger partial charge on any atom is -0.323 e. The zero-order valence-corrected chi connectivity index (χ0v) is 15.9. The second-order valence-electron chi connectivity index (χ2n) is 7.68. The fourth-order valence-electron chi connectivity index (χ4n) is 4.55. The van der Waals surface area contributed by atoms with Crippen molar-refractivity contribution < 1.29 is 14.4 Å². The molecule has 2 aromatic rings. The molecule has 146 valence electrons. The van der Waals surface area contributed by atoms with Gasteiger partial charge >= 0.3 is 0 Å². The number of nitrogens with zero attached hydrogens (tertiary/aromatic N) is 1. The lowest BCUT2D eigenvalue weighted by Crippen LogP contribution is -2.49. The van der Waals surface area contributed by atoms with Crippen LogP contribution in [0.25, 0.3) is 0 Å². The second kappa shape index (κ2) is 8.57. The third kappa shape index (κ3) is 3.94. The summed E-state index contributed by atoms with van der Waals surface area (Å²) in [5, 5.41) is 0. The monoisotopic (exact) mass is 378 g/mol. The average Bonchev–Trinajstić information content (AvgIpc) is 3.14. The fraction of sp³-hybridized carbons (Fsp3) is 0.391. The van der Waals surface area contributed by atoms with Gasteiger partial charge in [-0.15, -0.1) is 0 Å². The Morgan fingerprint density at radius 1 is 0.964 bits per heavy atom. The summed E-state index contributed by atoms with van der Waals surface area (Å²) >= 11 is 0. The average molecular weight is 378 g/mol. The van der Waals surface area contributed by atoms with Crippen LogP contribution in [0.5, 0.6) is 0 Å². The molecule has 0 bridgehead atoms. The smallest absolute Gasteiger partial charge is 0.266 e. The van der Waals surface area contributed by atoms with E-state index in [1.54, 1.807) is 0 Å². The maximum absolute atomic E-state index is 13.2. The number of carbonyl (C=O) groups excluding carboxylic acids is 2. The Balaban J connectivity index is 1.47. The van der Waals surface area contributed by atoms with Gasteiger partial charge in [-0.05, 0) is 42.9 Å². The van der Waals surface area contributed by atoms with Gasteiger partial charge in [0.2, 0.25) is 0 Å². The van der Waals surface area contributed by atoms with Gasteiger partial charge in [-0.25, -0.2) is 5.48 Å². The molecule has 2 amide bonds. The molecule has 2 fully saturated rings. The molecule has 3 atom stereocenters. The van der Waals surface area contributed by atoms with E-state index >= 15 is 0 Å². The van der Waals surface area contributed by atoms with Gasteiger partial charge in [0, 0.05) is 11.6 Å². The van der Waals surface area contributed by atoms with Crippen LogP contribution >= 0.6 is 0 Å². The van der Waals surface area contributed by atoms with Gasteiger partial charge in [0.15, 0.2) is 0 Å². The predicted molar refractivity (Wildman–Crippen MR) is 106 cm³/mol. The lowest BCUT2D eigenvalue weighted by molar-refractivity contribution is -0.138. The van der Waals surface area contributed by atoms with Gasteiger partial charge in [-0.2, -0.15) is 0 Å². The number of benzene rings is 2. The summed E-state index contributed by atoms with van der Waals surface area (Å²) in [6.07, 6.45) is 5.05. The third-order valence-electron chi connectivity index (χ3n) is 5.90. The van der Waals surface area contributed by atoms with Crippen LogP contribution in [-0.2, 0) is 16.2 Å². The summed E-state index contributed by atoms with van der Waals surface area (Å²) < 4.78 is 0. The van der Waals surface area contributed by atoms with Crippen molar-refractivity contribution >= 4 is 11.8 Å². The lowest BCUT2D eigenvalue weighted by Gasteiger charge is -2.33. The van der Waals surface area contributed by atoms with Crippen LogP contribution in [-0.4, -0.2) is 28.8 Å². The Kier molecular flexibility index (Phi) is 5.72. The molecule has 3 unspecified atom stereocenters. The summed E-state index contributed by atoms with van der Waals surface area (Å²) in [6, 6.07) is 18.6. The van der Waals surface area contributed by atoms with E-state index in [9.17, 15) is 9.59 Å². The van der Waals surface area contributed by atoms with E-state index in [1.165, 1.54) is 6.42 Å². The van der Waals surface area contributed by atoms with E-state index in [0.717, 1.165) is 24.8 Å². The van der Waals surface area contributed by atoms with Gasteiger partial charge in [0.1, 0.15) is 6.04 Å². The molecule has 1 saturated heterocycles. The van der Waals surface area contributed by atoms with E-state index in [-0.39, 0.29) is 17.9 Å². The molecule has 1 heterocycles. The van der Waals surface area contributed by atoms with Gasteiger partial charge in [0.25, 0.3) is 11.8 Å². The number of carbonyl (C=O) groups is 2. The molecule has 0 aromatic heterocycles. The molecule has 1 N–H and O–H groups in total. The van der Waals surface area contributed by atoms with Crippen molar-refractivity contribution in [3.05, 3.63) is 71.8 Å². The van der Waals surface area contributed by atoms with E-state index in [4.69, 9.17) is 4.84 Å². The maximum Gasteiger partial charge on any atom is 0.266 e. The highest BCUT2D eigenvalue weighted by atomic mass is 16.6. The van der Waals surface area contributed by atoms with Gasteiger partial charge < -0.3 is 4.90 Å². The predicted octanol–water partition coefficient (Wildman–Crippen LogP) is 3.71. The van der Waals surface area contributed by atoms with Crippen LogP contribution in [0.3, 0.4) is 0 Å². The standard InChI is InChI=1S/C23H26N2O3/c26-22(24-28-16-17-9-3-1-4-10-17)21-15-19-13-7-8-14-20(19)25(21)23(27)18-11-5-2-6-12-18/h1-6,9-12,19-21H,7-8,13-16H2,(H,24,26). The number of hydrogen-bond donors (Lipinski definition) is 1. The number of hydrogen-bond acceptors (Lipinski definition) is 3. The van der Waals surface area contributed by atoms with E-state index < -0.39 is 6.04 Å². The van der Waals surface area contributed by atoms with Crippen LogP contribution < -0.4 is 5.48 Å². The van der Waals surface area contributed by atoms with Crippen LogP contribution in [0.2, 0.25) is 0 Å². The highest BCUT2D eigenvalue weighted by Crippen LogP contribution is 2.40. The summed E-state index contributed by atoms with van der Waals surface area (Å²) in [5.74, 6) is 0.110. The number of fused-ring (bicyclic) bond motifs is 1. The molecule has 2 aliphatic rings. The molecule has 0 spiro atoms. The Labute approximate surface area is 165 Å². The quantitative estimate of drug-likeness (QED) is 0.807. The minimum atomic E-state index is -0.475. The van der Waals surface area contributed by atoms with E-state index in [0.29, 0.717) is 24.5 Å². The van der Waals surface area contributed by atoms with Crippen LogP contribution in [0, 0.1) is 5.92 Å². The van der Waals surface area contributed by atoms with Gasteiger partial charge in [-0.1, -0.05) is 61.4 Å². The molecule has 1 aliphatic heterocycles. The molecule has 4 rings (SSSR count). The molecule has 28 heavy (non-hydrogen) atoms. The Hall–Kier alpha value is -2.66. The Morgan fingerprint density at radius 2 is 1.64 bits per heavy atom. The lowest BCUT2D eigenvalue weighted by atomic mass is 9.84. The van der Waals surface area contributed by atoms with Gasteiger partial charge in [0.05, 0.1) is 6.61 Å². The van der Waals surface area contributed by atoms with Crippen LogP contribution in [0.4, 0.5) is 0 Å². The molecule has 1 saturated carbocycles. The van der Waals surface area contributed by atoms with Crippen molar-refractivity contribution in [1.82, 2.24) is 10.4 Å². The summed E-state index contributed by atoms with van der Waals surface area (Å²) in [4.78, 5) is 33.4. The van der Waals surface area contributed by atoms with Crippen molar-refractivity contribution in [2.24, 2.45) is 5.92 Å². The highest BCUT2D eigenvalue weighted by molar-refractivity contribution is 5.98. The normalized spacial score (nSPS) is 23.9. The number of hydroxylamine groups is 1. The first kappa shape index (κ1) is 18.7. The van der Waals surface area contributed by atoms with Crippen molar-refractivity contribution in [3.8, 4) is 0 Å². The minimum absolute atomic E-state index is 0.0572. The number of nitrogens with one attached hydrogen (secondary N) is 1. The highest BCUT2D eigenvalue weighted by Gasteiger charge is 2.47. The maximum atomic E-state index is 13.2. The number of likely N-dealkylation sites (tertiary alicyclic amines) is 1. The number of amides is 2. The molecule has 2 aromatic carbocycles. The van der Waals surface area contributed by atoms with E-state index in [2.05, 4.69) is 5.48 Å². The first-order chi connectivity index (χ1) is 13.7. The number of rotatable bonds is 5. The summed E-state index contributed by atoms with van der Waals surface area (Å²) in [5.41, 5.74) is 4.21. The second-order valence-corrected chi connectivity index (χ2v) is 7.68. The third-order valence-corrected chi connectivity index (χ3v) is 5.90.